The van der Waals surface area contributed by atoms with Crippen molar-refractivity contribution in [3.63, 3.8) is 0 Å². The third-order valence-corrected chi connectivity index (χ3v) is 6.68. The number of hydrogen-bond acceptors (Lipinski definition) is 3. The van der Waals surface area contributed by atoms with E-state index < -0.39 is 0 Å². The molecule has 0 radical (unpaired) electrons. The zero-order valence-electron chi connectivity index (χ0n) is 14.8. The molecule has 0 N–H and O–H groups in total. The highest BCUT2D eigenvalue weighted by atomic mass is 32.1. The molecule has 1 aliphatic heterocycles. The Morgan fingerprint density at radius 1 is 1.19 bits per heavy atom. The summed E-state index contributed by atoms with van der Waals surface area (Å²) < 4.78 is 1.90. The molecule has 3 aromatic rings. The van der Waals surface area contributed by atoms with Gasteiger partial charge in [0.2, 0.25) is 0 Å². The number of hydrogen-bond donors (Lipinski definition) is 0. The molecular formula is C21H21N3OS. The quantitative estimate of drug-likeness (QED) is 0.693. The molecule has 5 heteroatoms. The average molecular weight is 363 g/mol. The van der Waals surface area contributed by atoms with Gasteiger partial charge >= 0.3 is 0 Å². The normalized spacial score (nSPS) is 18.7. The van der Waals surface area contributed by atoms with E-state index in [1.54, 1.807) is 11.3 Å². The fraction of sp³-hybridized carbons (Fsp3) is 0.333. The van der Waals surface area contributed by atoms with Gasteiger partial charge in [-0.3, -0.25) is 9.48 Å². The van der Waals surface area contributed by atoms with Crippen molar-refractivity contribution in [1.82, 2.24) is 14.7 Å². The fourth-order valence-corrected chi connectivity index (χ4v) is 5.27. The zero-order valence-corrected chi connectivity index (χ0v) is 15.6. The Morgan fingerprint density at radius 3 is 2.88 bits per heavy atom. The molecule has 1 saturated heterocycles. The van der Waals surface area contributed by atoms with E-state index in [0.717, 1.165) is 43.6 Å². The first kappa shape index (κ1) is 15.8. The van der Waals surface area contributed by atoms with E-state index in [1.165, 1.54) is 16.0 Å². The molecule has 26 heavy (non-hydrogen) atoms. The van der Waals surface area contributed by atoms with Gasteiger partial charge in [0.15, 0.2) is 5.69 Å². The lowest BCUT2D eigenvalue weighted by Crippen LogP contribution is -2.29. The van der Waals surface area contributed by atoms with Gasteiger partial charge in [-0.15, -0.1) is 11.3 Å². The fourth-order valence-electron chi connectivity index (χ4n) is 4.39. The molecule has 1 aromatic carbocycles. The molecule has 1 fully saturated rings. The minimum atomic E-state index is 0.0963. The van der Waals surface area contributed by atoms with Crippen LogP contribution in [0.15, 0.2) is 41.8 Å². The van der Waals surface area contributed by atoms with Crippen LogP contribution in [0.5, 0.6) is 0 Å². The third-order valence-electron chi connectivity index (χ3n) is 5.70. The Kier molecular flexibility index (Phi) is 3.71. The van der Waals surface area contributed by atoms with Gasteiger partial charge < -0.3 is 4.90 Å². The second kappa shape index (κ2) is 6.09. The average Bonchev–Trinajstić information content (AvgIpc) is 3.40. The molecule has 4 nitrogen and oxygen atoms in total. The van der Waals surface area contributed by atoms with E-state index >= 15 is 0 Å². The zero-order chi connectivity index (χ0) is 17.7. The highest BCUT2D eigenvalue weighted by Gasteiger charge is 2.33. The number of rotatable bonds is 2. The number of aromatic nitrogens is 2. The number of fused-ring (bicyclic) bond motifs is 3. The van der Waals surface area contributed by atoms with Crippen molar-refractivity contribution >= 4 is 17.2 Å². The van der Waals surface area contributed by atoms with Crippen LogP contribution in [0.25, 0.3) is 11.3 Å². The molecule has 1 aliphatic carbocycles. The van der Waals surface area contributed by atoms with Gasteiger partial charge in [0.25, 0.3) is 5.91 Å². The van der Waals surface area contributed by atoms with Crippen molar-refractivity contribution in [2.45, 2.75) is 25.2 Å². The Labute approximate surface area is 157 Å². The number of carbonyl (C=O) groups is 1. The summed E-state index contributed by atoms with van der Waals surface area (Å²) in [5.74, 6) is 0.530. The number of benzene rings is 1. The summed E-state index contributed by atoms with van der Waals surface area (Å²) in [6.45, 7) is 1.60. The first-order chi connectivity index (χ1) is 12.7. The summed E-state index contributed by atoms with van der Waals surface area (Å²) in [5.41, 5.74) is 5.51. The van der Waals surface area contributed by atoms with E-state index in [1.807, 2.05) is 22.7 Å². The van der Waals surface area contributed by atoms with Gasteiger partial charge in [-0.05, 0) is 36.3 Å². The molecule has 1 amide bonds. The van der Waals surface area contributed by atoms with Gasteiger partial charge in [0.05, 0.1) is 5.69 Å². The first-order valence-corrected chi connectivity index (χ1v) is 10.1. The van der Waals surface area contributed by atoms with Gasteiger partial charge in [0, 0.05) is 42.1 Å². The molecule has 3 heterocycles. The minimum Gasteiger partial charge on any atom is -0.337 e. The Balaban J connectivity index is 1.44. The lowest BCUT2D eigenvalue weighted by Gasteiger charge is -2.18. The lowest BCUT2D eigenvalue weighted by atomic mass is 9.94. The highest BCUT2D eigenvalue weighted by Crippen LogP contribution is 2.38. The molecule has 0 bridgehead atoms. The maximum absolute atomic E-state index is 13.2. The number of amides is 1. The predicted octanol–water partition coefficient (Wildman–Crippen LogP) is 3.88. The van der Waals surface area contributed by atoms with Crippen LogP contribution in [0.3, 0.4) is 0 Å². The highest BCUT2D eigenvalue weighted by molar-refractivity contribution is 7.10. The largest absolute Gasteiger partial charge is 0.337 e. The number of nitrogens with zero attached hydrogens (tertiary/aromatic N) is 3. The van der Waals surface area contributed by atoms with Crippen LogP contribution in [0.1, 0.15) is 38.8 Å². The molecule has 5 rings (SSSR count). The summed E-state index contributed by atoms with van der Waals surface area (Å²) in [5, 5.41) is 6.78. The molecule has 0 saturated carbocycles. The minimum absolute atomic E-state index is 0.0963. The second-order valence-electron chi connectivity index (χ2n) is 7.20. The van der Waals surface area contributed by atoms with Crippen LogP contribution in [-0.4, -0.2) is 33.7 Å². The van der Waals surface area contributed by atoms with Crippen molar-refractivity contribution in [2.75, 3.05) is 13.1 Å². The van der Waals surface area contributed by atoms with Crippen LogP contribution in [-0.2, 0) is 19.9 Å². The molecule has 2 aliphatic rings. The van der Waals surface area contributed by atoms with E-state index in [0.29, 0.717) is 11.6 Å². The van der Waals surface area contributed by atoms with Crippen molar-refractivity contribution in [3.05, 3.63) is 63.5 Å². The smallest absolute Gasteiger partial charge is 0.274 e. The maximum atomic E-state index is 13.2. The standard InChI is InChI=1S/C21H21N3OS/c1-23-20-16-10-12-26-18(16)8-7-17(20)19(22-23)21(25)24-11-9-15(13-24)14-5-3-2-4-6-14/h2-6,10,12,15H,7-9,11,13H2,1H3/t15-/m1/s1. The Hall–Kier alpha value is -2.40. The number of carbonyl (C=O) groups excluding carboxylic acids is 1. The maximum Gasteiger partial charge on any atom is 0.274 e. The predicted molar refractivity (Wildman–Crippen MR) is 104 cm³/mol. The molecule has 1 atom stereocenters. The summed E-state index contributed by atoms with van der Waals surface area (Å²) in [7, 11) is 1.96. The Bertz CT molecular complexity index is 973. The van der Waals surface area contributed by atoms with Gasteiger partial charge in [-0.2, -0.15) is 5.10 Å². The van der Waals surface area contributed by atoms with E-state index in [-0.39, 0.29) is 5.91 Å². The van der Waals surface area contributed by atoms with Crippen LogP contribution in [0.4, 0.5) is 0 Å². The first-order valence-electron chi connectivity index (χ1n) is 9.19. The van der Waals surface area contributed by atoms with Crippen molar-refractivity contribution in [1.29, 1.82) is 0 Å². The monoisotopic (exact) mass is 363 g/mol. The number of aryl methyl sites for hydroxylation is 2. The van der Waals surface area contributed by atoms with Gasteiger partial charge in [0.1, 0.15) is 0 Å². The van der Waals surface area contributed by atoms with Crippen molar-refractivity contribution in [3.8, 4) is 11.3 Å². The lowest BCUT2D eigenvalue weighted by molar-refractivity contribution is 0.0783. The Morgan fingerprint density at radius 2 is 2.04 bits per heavy atom. The summed E-state index contributed by atoms with van der Waals surface area (Å²) in [4.78, 5) is 16.6. The summed E-state index contributed by atoms with van der Waals surface area (Å²) in [6.07, 6.45) is 2.95. The molecule has 2 aromatic heterocycles. The van der Waals surface area contributed by atoms with Crippen LogP contribution in [0.2, 0.25) is 0 Å². The number of thiophene rings is 1. The van der Waals surface area contributed by atoms with Crippen LogP contribution < -0.4 is 0 Å². The second-order valence-corrected chi connectivity index (χ2v) is 8.20. The molecule has 0 unspecified atom stereocenters. The molecular weight excluding hydrogens is 342 g/mol. The summed E-state index contributed by atoms with van der Waals surface area (Å²) in [6, 6.07) is 12.7. The van der Waals surface area contributed by atoms with E-state index in [9.17, 15) is 4.79 Å². The summed E-state index contributed by atoms with van der Waals surface area (Å²) >= 11 is 1.80. The van der Waals surface area contributed by atoms with Crippen LogP contribution >= 0.6 is 11.3 Å². The third kappa shape index (κ3) is 2.42. The van der Waals surface area contributed by atoms with Crippen molar-refractivity contribution in [2.24, 2.45) is 7.05 Å². The molecule has 132 valence electrons. The van der Waals surface area contributed by atoms with Gasteiger partial charge in [-0.25, -0.2) is 0 Å². The van der Waals surface area contributed by atoms with Crippen molar-refractivity contribution < 1.29 is 4.79 Å². The van der Waals surface area contributed by atoms with Gasteiger partial charge in [-0.1, -0.05) is 30.3 Å². The van der Waals surface area contributed by atoms with E-state index in [2.05, 4.69) is 40.8 Å². The molecule has 0 spiro atoms. The van der Waals surface area contributed by atoms with Crippen LogP contribution in [0, 0.1) is 0 Å². The topological polar surface area (TPSA) is 38.1 Å². The SMILES string of the molecule is Cn1nc(C(=O)N2CC[C@@H](c3ccccc3)C2)c2c1-c1ccsc1CC2. The number of likely N-dealkylation sites (tertiary alicyclic amines) is 1. The van der Waals surface area contributed by atoms with E-state index in [4.69, 9.17) is 0 Å².